The molecule has 0 radical (unpaired) electrons. The molecule has 1 rings (SSSR count). The third-order valence-corrected chi connectivity index (χ3v) is 2.47. The number of hydrogen-bond acceptors (Lipinski definition) is 5. The molecule has 6 heteroatoms. The molecule has 6 nitrogen and oxygen atoms in total. The fourth-order valence-electron chi connectivity index (χ4n) is 1.53. The van der Waals surface area contributed by atoms with Crippen LogP contribution in [0, 0.1) is 11.8 Å². The van der Waals surface area contributed by atoms with Crippen LogP contribution in [-0.2, 0) is 14.3 Å². The summed E-state index contributed by atoms with van der Waals surface area (Å²) < 4.78 is 15.2. The van der Waals surface area contributed by atoms with E-state index in [1.807, 2.05) is 0 Å². The van der Waals surface area contributed by atoms with Crippen LogP contribution in [0.25, 0.3) is 0 Å². The van der Waals surface area contributed by atoms with E-state index in [0.717, 1.165) is 5.56 Å². The van der Waals surface area contributed by atoms with Crippen LogP contribution in [0.1, 0.15) is 5.56 Å². The number of carbonyl (C=O) groups excluding carboxylic acids is 1. The summed E-state index contributed by atoms with van der Waals surface area (Å²) in [6, 6.07) is 5.27. The molecule has 3 N–H and O–H groups in total. The van der Waals surface area contributed by atoms with Crippen LogP contribution >= 0.6 is 0 Å². The molecule has 0 saturated carbocycles. The highest BCUT2D eigenvalue weighted by atomic mass is 16.5. The quantitative estimate of drug-likeness (QED) is 0.568. The van der Waals surface area contributed by atoms with Crippen molar-refractivity contribution in [3.05, 3.63) is 23.8 Å². The Morgan fingerprint density at radius 3 is 2.81 bits per heavy atom. The SMILES string of the molecule is COCCOCC(=O)Nc1cc(C#CCN)ccc1OC. The van der Waals surface area contributed by atoms with Crippen LogP contribution in [0.3, 0.4) is 0 Å². The second-order valence-corrected chi connectivity index (χ2v) is 4.01. The predicted octanol–water partition coefficient (Wildman–Crippen LogP) is 0.607. The molecular formula is C15H20N2O4. The number of nitrogens with one attached hydrogen (secondary N) is 1. The van der Waals surface area contributed by atoms with Crippen molar-refractivity contribution in [1.29, 1.82) is 0 Å². The van der Waals surface area contributed by atoms with E-state index in [0.29, 0.717) is 24.7 Å². The average Bonchev–Trinajstić information content (AvgIpc) is 2.50. The van der Waals surface area contributed by atoms with Crippen LogP contribution in [0.15, 0.2) is 18.2 Å². The van der Waals surface area contributed by atoms with Crippen LogP contribution < -0.4 is 15.8 Å². The summed E-state index contributed by atoms with van der Waals surface area (Å²) in [5, 5.41) is 2.73. The van der Waals surface area contributed by atoms with Gasteiger partial charge in [-0.1, -0.05) is 11.8 Å². The Hall–Kier alpha value is -2.07. The largest absolute Gasteiger partial charge is 0.495 e. The number of ether oxygens (including phenoxy) is 3. The second-order valence-electron chi connectivity index (χ2n) is 4.01. The van der Waals surface area contributed by atoms with Crippen molar-refractivity contribution >= 4 is 11.6 Å². The minimum Gasteiger partial charge on any atom is -0.495 e. The number of amides is 1. The van der Waals surface area contributed by atoms with Gasteiger partial charge in [0.15, 0.2) is 0 Å². The highest BCUT2D eigenvalue weighted by Gasteiger charge is 2.08. The number of methoxy groups -OCH3 is 2. The van der Waals surface area contributed by atoms with E-state index in [9.17, 15) is 4.79 Å². The molecular weight excluding hydrogens is 272 g/mol. The van der Waals surface area contributed by atoms with Crippen LogP contribution in [0.2, 0.25) is 0 Å². The van der Waals surface area contributed by atoms with Gasteiger partial charge in [0.1, 0.15) is 12.4 Å². The molecule has 0 spiro atoms. The van der Waals surface area contributed by atoms with Crippen molar-refractivity contribution in [3.63, 3.8) is 0 Å². The summed E-state index contributed by atoms with van der Waals surface area (Å²) in [4.78, 5) is 11.8. The van der Waals surface area contributed by atoms with Gasteiger partial charge in [0.2, 0.25) is 5.91 Å². The molecule has 0 bridgehead atoms. The molecule has 0 saturated heterocycles. The number of benzene rings is 1. The number of nitrogens with two attached hydrogens (primary N) is 1. The molecule has 1 aromatic carbocycles. The van der Waals surface area contributed by atoms with Gasteiger partial charge >= 0.3 is 0 Å². The lowest BCUT2D eigenvalue weighted by Crippen LogP contribution is -2.20. The summed E-state index contributed by atoms with van der Waals surface area (Å²) in [5.74, 6) is 5.94. The molecule has 0 fully saturated rings. The van der Waals surface area contributed by atoms with E-state index in [-0.39, 0.29) is 19.1 Å². The number of hydrogen-bond donors (Lipinski definition) is 2. The first kappa shape index (κ1) is 17.0. The molecule has 0 atom stereocenters. The van der Waals surface area contributed by atoms with E-state index >= 15 is 0 Å². The standard InChI is InChI=1S/C15H20N2O4/c1-19-8-9-21-11-15(18)17-13-10-12(4-3-7-16)5-6-14(13)20-2/h5-6,10H,7-9,11,16H2,1-2H3,(H,17,18). The lowest BCUT2D eigenvalue weighted by Gasteiger charge is -2.11. The Kier molecular flexibility index (Phi) is 7.90. The first-order valence-corrected chi connectivity index (χ1v) is 6.44. The number of carbonyl (C=O) groups is 1. The zero-order valence-electron chi connectivity index (χ0n) is 12.3. The Bertz CT molecular complexity index is 520. The van der Waals surface area contributed by atoms with E-state index in [2.05, 4.69) is 17.2 Å². The van der Waals surface area contributed by atoms with Crippen LogP contribution in [0.4, 0.5) is 5.69 Å². The Morgan fingerprint density at radius 2 is 2.14 bits per heavy atom. The minimum absolute atomic E-state index is 0.0504. The molecule has 0 heterocycles. The molecule has 1 amide bonds. The smallest absolute Gasteiger partial charge is 0.250 e. The average molecular weight is 292 g/mol. The monoisotopic (exact) mass is 292 g/mol. The molecule has 1 aromatic rings. The maximum absolute atomic E-state index is 11.8. The Balaban J connectivity index is 2.68. The Labute approximate surface area is 124 Å². The highest BCUT2D eigenvalue weighted by Crippen LogP contribution is 2.25. The molecule has 21 heavy (non-hydrogen) atoms. The maximum atomic E-state index is 11.8. The molecule has 0 unspecified atom stereocenters. The topological polar surface area (TPSA) is 82.8 Å². The third-order valence-electron chi connectivity index (χ3n) is 2.47. The first-order valence-electron chi connectivity index (χ1n) is 6.44. The van der Waals surface area contributed by atoms with Gasteiger partial charge < -0.3 is 25.3 Å². The summed E-state index contributed by atoms with van der Waals surface area (Å²) in [7, 11) is 3.10. The lowest BCUT2D eigenvalue weighted by atomic mass is 10.2. The molecule has 0 aliphatic rings. The predicted molar refractivity (Wildman–Crippen MR) is 80.3 cm³/mol. The van der Waals surface area contributed by atoms with Gasteiger partial charge in [0.05, 0.1) is 32.6 Å². The molecule has 0 aromatic heterocycles. The highest BCUT2D eigenvalue weighted by molar-refractivity contribution is 5.93. The second kappa shape index (κ2) is 9.77. The van der Waals surface area contributed by atoms with Crippen molar-refractivity contribution in [2.75, 3.05) is 45.9 Å². The number of anilines is 1. The van der Waals surface area contributed by atoms with Crippen molar-refractivity contribution in [2.45, 2.75) is 0 Å². The molecule has 0 aliphatic heterocycles. The van der Waals surface area contributed by atoms with Gasteiger partial charge in [0.25, 0.3) is 0 Å². The number of rotatable bonds is 7. The summed E-state index contributed by atoms with van der Waals surface area (Å²) in [5.41, 5.74) is 6.63. The van der Waals surface area contributed by atoms with Gasteiger partial charge in [-0.15, -0.1) is 0 Å². The lowest BCUT2D eigenvalue weighted by molar-refractivity contribution is -0.121. The van der Waals surface area contributed by atoms with E-state index < -0.39 is 0 Å². The maximum Gasteiger partial charge on any atom is 0.250 e. The van der Waals surface area contributed by atoms with Gasteiger partial charge in [0, 0.05) is 12.7 Å². The normalized spacial score (nSPS) is 9.67. The van der Waals surface area contributed by atoms with Crippen molar-refractivity contribution in [2.24, 2.45) is 5.73 Å². The summed E-state index contributed by atoms with van der Waals surface area (Å²) >= 11 is 0. The van der Waals surface area contributed by atoms with E-state index in [1.165, 1.54) is 7.11 Å². The van der Waals surface area contributed by atoms with Crippen LogP contribution in [0.5, 0.6) is 5.75 Å². The summed E-state index contributed by atoms with van der Waals surface area (Å²) in [6.45, 7) is 1.04. The van der Waals surface area contributed by atoms with Gasteiger partial charge in [-0.05, 0) is 18.2 Å². The van der Waals surface area contributed by atoms with E-state index in [4.69, 9.17) is 19.9 Å². The Morgan fingerprint density at radius 1 is 1.33 bits per heavy atom. The van der Waals surface area contributed by atoms with Gasteiger partial charge in [-0.2, -0.15) is 0 Å². The first-order chi connectivity index (χ1) is 10.2. The molecule has 114 valence electrons. The minimum atomic E-state index is -0.270. The summed E-state index contributed by atoms with van der Waals surface area (Å²) in [6.07, 6.45) is 0. The fraction of sp³-hybridized carbons (Fsp3) is 0.400. The third kappa shape index (κ3) is 6.27. The zero-order valence-corrected chi connectivity index (χ0v) is 12.3. The molecule has 0 aliphatic carbocycles. The van der Waals surface area contributed by atoms with Crippen LogP contribution in [-0.4, -0.2) is 46.5 Å². The van der Waals surface area contributed by atoms with Crippen molar-refractivity contribution < 1.29 is 19.0 Å². The van der Waals surface area contributed by atoms with Gasteiger partial charge in [-0.25, -0.2) is 0 Å². The van der Waals surface area contributed by atoms with E-state index in [1.54, 1.807) is 25.3 Å². The fourth-order valence-corrected chi connectivity index (χ4v) is 1.53. The van der Waals surface area contributed by atoms with Gasteiger partial charge in [-0.3, -0.25) is 4.79 Å². The van der Waals surface area contributed by atoms with Crippen molar-refractivity contribution in [3.8, 4) is 17.6 Å². The van der Waals surface area contributed by atoms with Crippen molar-refractivity contribution in [1.82, 2.24) is 0 Å². The zero-order chi connectivity index (χ0) is 15.5.